The van der Waals surface area contributed by atoms with Gasteiger partial charge in [0, 0.05) is 33.0 Å². The number of fused-ring (bicyclic) bond motifs is 7. The molecule has 10 aromatic carbocycles. The largest absolute Gasteiger partial charge is 0.247 e. The first-order chi connectivity index (χ1) is 34.2. The Kier molecular flexibility index (Phi) is 9.73. The van der Waals surface area contributed by atoms with Crippen molar-refractivity contribution in [3.8, 4) is 78.5 Å². The number of aromatic nitrogens is 3. The fourth-order valence-electron chi connectivity index (χ4n) is 10.8. The van der Waals surface area contributed by atoms with Crippen LogP contribution in [0.4, 0.5) is 0 Å². The number of benzene rings is 10. The fourth-order valence-corrected chi connectivity index (χ4v) is 10.8. The van der Waals surface area contributed by atoms with E-state index in [4.69, 9.17) is 15.0 Å². The van der Waals surface area contributed by atoms with Crippen molar-refractivity contribution in [2.75, 3.05) is 0 Å². The average Bonchev–Trinajstić information content (AvgIpc) is 3.75. The lowest BCUT2D eigenvalue weighted by Crippen LogP contribution is -2.28. The van der Waals surface area contributed by atoms with E-state index in [0.29, 0.717) is 5.82 Å². The molecule has 0 saturated carbocycles. The number of pyridine rings is 1. The Morgan fingerprint density at radius 2 is 0.783 bits per heavy atom. The first-order valence-electron chi connectivity index (χ1n) is 23.6. The molecule has 2 heterocycles. The van der Waals surface area contributed by atoms with Gasteiger partial charge in [-0.25, -0.2) is 15.0 Å². The van der Waals surface area contributed by atoms with Gasteiger partial charge in [0.1, 0.15) is 0 Å². The van der Waals surface area contributed by atoms with Gasteiger partial charge in [-0.1, -0.05) is 243 Å². The third-order valence-corrected chi connectivity index (χ3v) is 14.0. The zero-order valence-corrected chi connectivity index (χ0v) is 37.7. The second kappa shape index (κ2) is 16.7. The molecule has 0 atom stereocenters. The van der Waals surface area contributed by atoms with E-state index < -0.39 is 5.41 Å². The van der Waals surface area contributed by atoms with Gasteiger partial charge in [-0.15, -0.1) is 0 Å². The topological polar surface area (TPSA) is 38.7 Å². The second-order valence-electron chi connectivity index (χ2n) is 17.8. The van der Waals surface area contributed by atoms with Gasteiger partial charge in [0.05, 0.1) is 28.0 Å². The van der Waals surface area contributed by atoms with Crippen molar-refractivity contribution in [1.29, 1.82) is 0 Å². The molecule has 69 heavy (non-hydrogen) atoms. The number of para-hydroxylation sites is 1. The van der Waals surface area contributed by atoms with E-state index in [9.17, 15) is 0 Å². The summed E-state index contributed by atoms with van der Waals surface area (Å²) in [4.78, 5) is 15.9. The van der Waals surface area contributed by atoms with Crippen LogP contribution in [-0.2, 0) is 5.41 Å². The zero-order chi connectivity index (χ0) is 45.7. The highest BCUT2D eigenvalue weighted by atomic mass is 14.9. The van der Waals surface area contributed by atoms with Crippen LogP contribution in [0.5, 0.6) is 0 Å². The van der Waals surface area contributed by atoms with Crippen LogP contribution in [0, 0.1) is 0 Å². The van der Waals surface area contributed by atoms with Gasteiger partial charge in [0.15, 0.2) is 5.82 Å². The molecule has 0 amide bonds. The van der Waals surface area contributed by atoms with Gasteiger partial charge in [0.2, 0.25) is 0 Å². The molecule has 12 aromatic rings. The van der Waals surface area contributed by atoms with Crippen LogP contribution in [0.15, 0.2) is 261 Å². The van der Waals surface area contributed by atoms with E-state index in [2.05, 4.69) is 249 Å². The highest BCUT2D eigenvalue weighted by Crippen LogP contribution is 2.59. The summed E-state index contributed by atoms with van der Waals surface area (Å²) in [6.07, 6.45) is 0. The van der Waals surface area contributed by atoms with Gasteiger partial charge in [-0.2, -0.15) is 0 Å². The summed E-state index contributed by atoms with van der Waals surface area (Å²) in [7, 11) is 0. The molecule has 3 heteroatoms. The molecule has 0 saturated heterocycles. The predicted octanol–water partition coefficient (Wildman–Crippen LogP) is 16.5. The van der Waals surface area contributed by atoms with E-state index >= 15 is 0 Å². The molecule has 1 aliphatic carbocycles. The Morgan fingerprint density at radius 1 is 0.290 bits per heavy atom. The molecular weight excluding hydrogens is 835 g/mol. The third-order valence-electron chi connectivity index (χ3n) is 14.0. The lowest BCUT2D eigenvalue weighted by Gasteiger charge is -2.34. The molecule has 2 aromatic heterocycles. The molecule has 13 rings (SSSR count). The lowest BCUT2D eigenvalue weighted by molar-refractivity contribution is 0.769. The van der Waals surface area contributed by atoms with Crippen LogP contribution < -0.4 is 0 Å². The Labute approximate surface area is 401 Å². The Bertz CT molecular complexity index is 3810. The molecule has 3 nitrogen and oxygen atoms in total. The first-order valence-corrected chi connectivity index (χ1v) is 23.6. The molecular formula is C66H43N3. The Morgan fingerprint density at radius 3 is 1.46 bits per heavy atom. The summed E-state index contributed by atoms with van der Waals surface area (Å²) in [5, 5.41) is 3.51. The average molecular weight is 878 g/mol. The first kappa shape index (κ1) is 40.2. The maximum absolute atomic E-state index is 5.58. The summed E-state index contributed by atoms with van der Waals surface area (Å²) in [6, 6.07) is 93.4. The van der Waals surface area contributed by atoms with Crippen LogP contribution in [0.1, 0.15) is 22.3 Å². The molecule has 0 spiro atoms. The monoisotopic (exact) mass is 877 g/mol. The third kappa shape index (κ3) is 6.78. The van der Waals surface area contributed by atoms with Crippen molar-refractivity contribution in [2.45, 2.75) is 5.41 Å². The van der Waals surface area contributed by atoms with Crippen molar-refractivity contribution in [3.63, 3.8) is 0 Å². The summed E-state index contributed by atoms with van der Waals surface area (Å²) in [6.45, 7) is 0. The highest BCUT2D eigenvalue weighted by molar-refractivity contribution is 6.18. The number of hydrogen-bond donors (Lipinski definition) is 0. The smallest absolute Gasteiger partial charge is 0.160 e. The fraction of sp³-hybridized carbons (Fsp3) is 0.0152. The lowest BCUT2D eigenvalue weighted by atomic mass is 9.67. The standard InChI is InChI=1S/C66H43N3/c1-5-18-44(19-6-1)45-32-36-48(37-33-45)61-43-60(47-20-7-2-8-21-47)68-65(69-61)49-38-34-46(35-39-49)50-22-17-23-51(42-50)64-63-55(54-28-14-16-31-59(54)67-64)40-41-58-62(63)56-29-13-15-30-57(56)66(58,52-24-9-3-10-25-52)53-26-11-4-12-27-53/h1-43H. The minimum atomic E-state index is -0.521. The Hall–Kier alpha value is -9.05. The van der Waals surface area contributed by atoms with E-state index in [1.54, 1.807) is 0 Å². The van der Waals surface area contributed by atoms with E-state index in [-0.39, 0.29) is 0 Å². The predicted molar refractivity (Wildman–Crippen MR) is 285 cm³/mol. The van der Waals surface area contributed by atoms with Crippen molar-refractivity contribution in [1.82, 2.24) is 15.0 Å². The molecule has 0 unspecified atom stereocenters. The number of hydrogen-bond acceptors (Lipinski definition) is 3. The highest BCUT2D eigenvalue weighted by Gasteiger charge is 2.47. The summed E-state index contributed by atoms with van der Waals surface area (Å²) < 4.78 is 0. The maximum atomic E-state index is 5.58. The minimum Gasteiger partial charge on any atom is -0.247 e. The molecule has 0 radical (unpaired) electrons. The SMILES string of the molecule is c1ccc(-c2ccc(-c3cc(-c4ccccc4)nc(-c4ccc(-c5cccc(-c6nc7ccccc7c7ccc8c(c67)-c6ccccc6C8(c6ccccc6)c6ccccc6)c5)cc4)n3)cc2)cc1. The maximum Gasteiger partial charge on any atom is 0.160 e. The van der Waals surface area contributed by atoms with Crippen LogP contribution in [0.3, 0.4) is 0 Å². The minimum absolute atomic E-state index is 0.521. The van der Waals surface area contributed by atoms with Crippen LogP contribution in [-0.4, -0.2) is 15.0 Å². The van der Waals surface area contributed by atoms with Gasteiger partial charge in [0.25, 0.3) is 0 Å². The van der Waals surface area contributed by atoms with Crippen LogP contribution >= 0.6 is 0 Å². The second-order valence-corrected chi connectivity index (χ2v) is 17.8. The van der Waals surface area contributed by atoms with Crippen molar-refractivity contribution < 1.29 is 0 Å². The van der Waals surface area contributed by atoms with Crippen molar-refractivity contribution >= 4 is 21.7 Å². The van der Waals surface area contributed by atoms with Gasteiger partial charge < -0.3 is 0 Å². The van der Waals surface area contributed by atoms with Gasteiger partial charge in [-0.05, 0) is 79.2 Å². The van der Waals surface area contributed by atoms with Crippen molar-refractivity contribution in [3.05, 3.63) is 283 Å². The normalized spacial score (nSPS) is 12.5. The summed E-state index contributed by atoms with van der Waals surface area (Å²) in [5.41, 5.74) is 19.4. The molecule has 0 fully saturated rings. The quantitative estimate of drug-likeness (QED) is 0.143. The zero-order valence-electron chi connectivity index (χ0n) is 37.7. The van der Waals surface area contributed by atoms with E-state index in [1.807, 2.05) is 12.1 Å². The van der Waals surface area contributed by atoms with E-state index in [1.165, 1.54) is 55.3 Å². The Balaban J connectivity index is 0.939. The van der Waals surface area contributed by atoms with E-state index in [0.717, 1.165) is 61.4 Å². The van der Waals surface area contributed by atoms with Crippen LogP contribution in [0.25, 0.3) is 100 Å². The molecule has 322 valence electrons. The molecule has 0 N–H and O–H groups in total. The number of nitrogens with zero attached hydrogens (tertiary/aromatic N) is 3. The van der Waals surface area contributed by atoms with Crippen molar-refractivity contribution in [2.24, 2.45) is 0 Å². The van der Waals surface area contributed by atoms with Crippen LogP contribution in [0.2, 0.25) is 0 Å². The summed E-state index contributed by atoms with van der Waals surface area (Å²) >= 11 is 0. The molecule has 0 aliphatic heterocycles. The number of rotatable bonds is 8. The van der Waals surface area contributed by atoms with Gasteiger partial charge in [-0.3, -0.25) is 0 Å². The summed E-state index contributed by atoms with van der Waals surface area (Å²) in [5.74, 6) is 0.682. The van der Waals surface area contributed by atoms with Gasteiger partial charge >= 0.3 is 0 Å². The molecule has 0 bridgehead atoms. The molecule has 1 aliphatic rings.